The lowest BCUT2D eigenvalue weighted by molar-refractivity contribution is -0.146. The number of aliphatic hydroxyl groups excluding tert-OH is 1. The van der Waals surface area contributed by atoms with Gasteiger partial charge < -0.3 is 15.3 Å². The van der Waals surface area contributed by atoms with Crippen LogP contribution in [0.15, 0.2) is 24.3 Å². The molecule has 0 heterocycles. The molecule has 0 aliphatic carbocycles. The minimum atomic E-state index is -1.32. The minimum Gasteiger partial charge on any atom is -0.508 e. The predicted molar refractivity (Wildman–Crippen MR) is 50.1 cm³/mol. The molecule has 0 saturated carbocycles. The highest BCUT2D eigenvalue weighted by Crippen LogP contribution is 2.11. The summed E-state index contributed by atoms with van der Waals surface area (Å²) in [4.78, 5) is 10.3. The molecule has 0 radical (unpaired) electrons. The number of benzene rings is 1. The molecule has 0 aliphatic heterocycles. The first kappa shape index (κ1) is 10.5. The second-order valence-corrected chi connectivity index (χ2v) is 3.06. The standard InChI is InChI=1S/C10H12O4/c11-8-4-1-7(2-5-8)3-6-9(12)10(13)14/h1-2,4-5,9,11-12H,3,6H2,(H,13,14)/t9-/m0/s1. The van der Waals surface area contributed by atoms with E-state index in [2.05, 4.69) is 0 Å². The quantitative estimate of drug-likeness (QED) is 0.664. The van der Waals surface area contributed by atoms with Crippen molar-refractivity contribution < 1.29 is 20.1 Å². The lowest BCUT2D eigenvalue weighted by Crippen LogP contribution is -2.19. The van der Waals surface area contributed by atoms with Gasteiger partial charge in [0.15, 0.2) is 6.10 Å². The summed E-state index contributed by atoms with van der Waals surface area (Å²) in [7, 11) is 0. The summed E-state index contributed by atoms with van der Waals surface area (Å²) in [6.45, 7) is 0. The van der Waals surface area contributed by atoms with Gasteiger partial charge in [0.1, 0.15) is 5.75 Å². The second kappa shape index (κ2) is 4.62. The maximum Gasteiger partial charge on any atom is 0.332 e. The van der Waals surface area contributed by atoms with E-state index in [9.17, 15) is 4.79 Å². The molecule has 76 valence electrons. The lowest BCUT2D eigenvalue weighted by Gasteiger charge is -2.04. The molecule has 0 aromatic heterocycles. The fourth-order valence-corrected chi connectivity index (χ4v) is 1.09. The molecule has 0 saturated heterocycles. The number of hydrogen-bond donors (Lipinski definition) is 3. The van der Waals surface area contributed by atoms with Gasteiger partial charge in [0.25, 0.3) is 0 Å². The van der Waals surface area contributed by atoms with Gasteiger partial charge in [-0.1, -0.05) is 12.1 Å². The smallest absolute Gasteiger partial charge is 0.332 e. The van der Waals surface area contributed by atoms with Gasteiger partial charge in [-0.3, -0.25) is 0 Å². The van der Waals surface area contributed by atoms with E-state index in [-0.39, 0.29) is 12.2 Å². The van der Waals surface area contributed by atoms with Gasteiger partial charge in [-0.15, -0.1) is 0 Å². The highest BCUT2D eigenvalue weighted by molar-refractivity contribution is 5.71. The summed E-state index contributed by atoms with van der Waals surface area (Å²) in [5.74, 6) is -1.03. The molecule has 14 heavy (non-hydrogen) atoms. The Hall–Kier alpha value is -1.55. The highest BCUT2D eigenvalue weighted by atomic mass is 16.4. The average Bonchev–Trinajstić information content (AvgIpc) is 2.16. The Morgan fingerprint density at radius 2 is 1.86 bits per heavy atom. The van der Waals surface area contributed by atoms with E-state index in [0.29, 0.717) is 6.42 Å². The molecule has 0 fully saturated rings. The van der Waals surface area contributed by atoms with Crippen molar-refractivity contribution in [3.8, 4) is 5.75 Å². The van der Waals surface area contributed by atoms with Crippen molar-refractivity contribution in [3.05, 3.63) is 29.8 Å². The summed E-state index contributed by atoms with van der Waals surface area (Å²) in [6, 6.07) is 6.46. The number of carbonyl (C=O) groups is 1. The normalized spacial score (nSPS) is 12.4. The number of carboxylic acids is 1. The molecule has 1 aromatic rings. The lowest BCUT2D eigenvalue weighted by atomic mass is 10.1. The molecular weight excluding hydrogens is 184 g/mol. The summed E-state index contributed by atoms with van der Waals surface area (Å²) in [5.41, 5.74) is 0.892. The molecule has 1 aromatic carbocycles. The molecular formula is C10H12O4. The van der Waals surface area contributed by atoms with Crippen LogP contribution >= 0.6 is 0 Å². The van der Waals surface area contributed by atoms with Crippen LogP contribution in [0.3, 0.4) is 0 Å². The van der Waals surface area contributed by atoms with Crippen molar-refractivity contribution in [1.29, 1.82) is 0 Å². The van der Waals surface area contributed by atoms with Crippen LogP contribution < -0.4 is 0 Å². The second-order valence-electron chi connectivity index (χ2n) is 3.06. The third-order valence-electron chi connectivity index (χ3n) is 1.93. The van der Waals surface area contributed by atoms with E-state index >= 15 is 0 Å². The molecule has 0 amide bonds. The zero-order valence-corrected chi connectivity index (χ0v) is 7.55. The molecule has 4 heteroatoms. The zero-order valence-electron chi connectivity index (χ0n) is 7.55. The van der Waals surface area contributed by atoms with Crippen LogP contribution in [0.25, 0.3) is 0 Å². The van der Waals surface area contributed by atoms with Crippen molar-refractivity contribution in [2.75, 3.05) is 0 Å². The number of carboxylic acid groups (broad SMARTS) is 1. The third-order valence-corrected chi connectivity index (χ3v) is 1.93. The van der Waals surface area contributed by atoms with E-state index < -0.39 is 12.1 Å². The fourth-order valence-electron chi connectivity index (χ4n) is 1.09. The van der Waals surface area contributed by atoms with Gasteiger partial charge in [-0.2, -0.15) is 0 Å². The number of aliphatic carboxylic acids is 1. The number of aliphatic hydroxyl groups is 1. The molecule has 0 aliphatic rings. The number of rotatable bonds is 4. The van der Waals surface area contributed by atoms with Crippen LogP contribution in [0.4, 0.5) is 0 Å². The largest absolute Gasteiger partial charge is 0.508 e. The number of aromatic hydroxyl groups is 1. The van der Waals surface area contributed by atoms with Crippen LogP contribution in [0.1, 0.15) is 12.0 Å². The zero-order chi connectivity index (χ0) is 10.6. The van der Waals surface area contributed by atoms with Crippen LogP contribution in [0.5, 0.6) is 5.75 Å². The van der Waals surface area contributed by atoms with Gasteiger partial charge in [0, 0.05) is 0 Å². The Morgan fingerprint density at radius 1 is 1.29 bits per heavy atom. The monoisotopic (exact) mass is 196 g/mol. The number of phenolic OH excluding ortho intramolecular Hbond substituents is 1. The van der Waals surface area contributed by atoms with Crippen LogP contribution in [0, 0.1) is 0 Å². The Morgan fingerprint density at radius 3 is 2.36 bits per heavy atom. The molecule has 3 N–H and O–H groups in total. The van der Waals surface area contributed by atoms with Crippen molar-refractivity contribution in [3.63, 3.8) is 0 Å². The average molecular weight is 196 g/mol. The van der Waals surface area contributed by atoms with Crippen molar-refractivity contribution in [2.45, 2.75) is 18.9 Å². The highest BCUT2D eigenvalue weighted by Gasteiger charge is 2.12. The molecule has 1 atom stereocenters. The Labute approximate surface area is 81.4 Å². The van der Waals surface area contributed by atoms with E-state index in [1.165, 1.54) is 12.1 Å². The van der Waals surface area contributed by atoms with E-state index in [0.717, 1.165) is 5.56 Å². The maximum atomic E-state index is 10.3. The summed E-state index contributed by atoms with van der Waals surface area (Å²) in [5, 5.41) is 26.4. The first-order valence-corrected chi connectivity index (χ1v) is 4.28. The topological polar surface area (TPSA) is 77.8 Å². The fraction of sp³-hybridized carbons (Fsp3) is 0.300. The number of aryl methyl sites for hydroxylation is 1. The molecule has 4 nitrogen and oxygen atoms in total. The molecule has 0 bridgehead atoms. The van der Waals surface area contributed by atoms with Crippen LogP contribution in [-0.4, -0.2) is 27.4 Å². The molecule has 0 spiro atoms. The first-order valence-electron chi connectivity index (χ1n) is 4.28. The Kier molecular flexibility index (Phi) is 3.48. The van der Waals surface area contributed by atoms with E-state index in [4.69, 9.17) is 15.3 Å². The number of hydrogen-bond acceptors (Lipinski definition) is 3. The molecule has 0 unspecified atom stereocenters. The maximum absolute atomic E-state index is 10.3. The summed E-state index contributed by atoms with van der Waals surface area (Å²) < 4.78 is 0. The summed E-state index contributed by atoms with van der Waals surface area (Å²) in [6.07, 6.45) is -0.655. The van der Waals surface area contributed by atoms with Crippen LogP contribution in [-0.2, 0) is 11.2 Å². The van der Waals surface area contributed by atoms with Gasteiger partial charge in [0.2, 0.25) is 0 Å². The summed E-state index contributed by atoms with van der Waals surface area (Å²) >= 11 is 0. The predicted octanol–water partition coefficient (Wildman–Crippen LogP) is 0.770. The first-order chi connectivity index (χ1) is 6.59. The SMILES string of the molecule is O=C(O)[C@@H](O)CCc1ccc(O)cc1. The van der Waals surface area contributed by atoms with Gasteiger partial charge in [0.05, 0.1) is 0 Å². The van der Waals surface area contributed by atoms with Crippen molar-refractivity contribution in [2.24, 2.45) is 0 Å². The van der Waals surface area contributed by atoms with E-state index in [1.807, 2.05) is 0 Å². The van der Waals surface area contributed by atoms with Crippen molar-refractivity contribution in [1.82, 2.24) is 0 Å². The van der Waals surface area contributed by atoms with Gasteiger partial charge >= 0.3 is 5.97 Å². The van der Waals surface area contributed by atoms with Crippen molar-refractivity contribution >= 4 is 5.97 Å². The van der Waals surface area contributed by atoms with Gasteiger partial charge in [-0.05, 0) is 30.5 Å². The third kappa shape index (κ3) is 3.06. The minimum absolute atomic E-state index is 0.174. The van der Waals surface area contributed by atoms with Crippen LogP contribution in [0.2, 0.25) is 0 Å². The molecule has 1 rings (SSSR count). The van der Waals surface area contributed by atoms with E-state index in [1.54, 1.807) is 12.1 Å². The number of phenols is 1. The van der Waals surface area contributed by atoms with Gasteiger partial charge in [-0.25, -0.2) is 4.79 Å². The Bertz CT molecular complexity index is 304. The Balaban J connectivity index is 2.46.